The van der Waals surface area contributed by atoms with Crippen LogP contribution in [0.3, 0.4) is 0 Å². The third-order valence-corrected chi connectivity index (χ3v) is 2.54. The van der Waals surface area contributed by atoms with E-state index in [1.165, 1.54) is 0 Å². The van der Waals surface area contributed by atoms with Crippen molar-refractivity contribution in [2.45, 2.75) is 18.9 Å². The van der Waals surface area contributed by atoms with Gasteiger partial charge in [-0.2, -0.15) is 0 Å². The van der Waals surface area contributed by atoms with Crippen molar-refractivity contribution in [3.05, 3.63) is 35.9 Å². The summed E-state index contributed by atoms with van der Waals surface area (Å²) in [4.78, 5) is 33.2. The van der Waals surface area contributed by atoms with Crippen LogP contribution >= 0.6 is 0 Å². The van der Waals surface area contributed by atoms with E-state index in [1.807, 2.05) is 0 Å². The average molecular weight is 279 g/mol. The highest BCUT2D eigenvalue weighted by atomic mass is 16.4. The lowest BCUT2D eigenvalue weighted by atomic mass is 10.1. The molecule has 0 aromatic heterocycles. The zero-order valence-electron chi connectivity index (χ0n) is 10.8. The maximum atomic E-state index is 11.6. The van der Waals surface area contributed by atoms with Crippen LogP contribution in [-0.4, -0.2) is 29.6 Å². The Kier molecular flexibility index (Phi) is 6.02. The Morgan fingerprint density at radius 3 is 2.40 bits per heavy atom. The number of rotatable bonds is 7. The predicted molar refractivity (Wildman–Crippen MR) is 71.8 cm³/mol. The van der Waals surface area contributed by atoms with Gasteiger partial charge in [0.1, 0.15) is 0 Å². The molecule has 1 aromatic rings. The number of carboxylic acids is 1. The lowest BCUT2D eigenvalue weighted by Crippen LogP contribution is -2.41. The maximum Gasteiger partial charge on any atom is 0.330 e. The van der Waals surface area contributed by atoms with Crippen LogP contribution < -0.4 is 16.4 Å². The van der Waals surface area contributed by atoms with Crippen LogP contribution in [0.2, 0.25) is 0 Å². The van der Waals surface area contributed by atoms with Crippen molar-refractivity contribution in [3.8, 4) is 0 Å². The van der Waals surface area contributed by atoms with Crippen LogP contribution in [0.4, 0.5) is 4.79 Å². The van der Waals surface area contributed by atoms with Gasteiger partial charge in [-0.25, -0.2) is 9.59 Å². The van der Waals surface area contributed by atoms with Gasteiger partial charge in [-0.3, -0.25) is 4.79 Å². The molecule has 3 amide bonds. The van der Waals surface area contributed by atoms with E-state index in [0.29, 0.717) is 12.0 Å². The first-order valence-corrected chi connectivity index (χ1v) is 6.11. The van der Waals surface area contributed by atoms with Gasteiger partial charge in [0.15, 0.2) is 6.04 Å². The van der Waals surface area contributed by atoms with Crippen LogP contribution in [0.1, 0.15) is 24.4 Å². The Bertz CT molecular complexity index is 476. The number of primary amides is 1. The number of nitrogens with one attached hydrogen (secondary N) is 2. The van der Waals surface area contributed by atoms with E-state index in [0.717, 1.165) is 0 Å². The molecule has 1 atom stereocenters. The Labute approximate surface area is 116 Å². The molecule has 5 N–H and O–H groups in total. The maximum absolute atomic E-state index is 11.6. The van der Waals surface area contributed by atoms with E-state index >= 15 is 0 Å². The first-order chi connectivity index (χ1) is 9.50. The minimum atomic E-state index is -1.15. The SMILES string of the molecule is NC(=O)CCCNC(=O)N[C@H](C(=O)O)c1ccccc1. The molecule has 0 unspecified atom stereocenters. The third kappa shape index (κ3) is 5.38. The van der Waals surface area contributed by atoms with E-state index in [2.05, 4.69) is 10.6 Å². The summed E-state index contributed by atoms with van der Waals surface area (Å²) in [6.07, 6.45) is 0.577. The molecule has 20 heavy (non-hydrogen) atoms. The molecule has 0 aliphatic rings. The van der Waals surface area contributed by atoms with Gasteiger partial charge in [0.25, 0.3) is 0 Å². The molecule has 0 heterocycles. The van der Waals surface area contributed by atoms with Gasteiger partial charge in [-0.1, -0.05) is 30.3 Å². The fraction of sp³-hybridized carbons (Fsp3) is 0.308. The van der Waals surface area contributed by atoms with Gasteiger partial charge < -0.3 is 21.5 Å². The van der Waals surface area contributed by atoms with Gasteiger partial charge in [0.2, 0.25) is 5.91 Å². The molecule has 7 heteroatoms. The highest BCUT2D eigenvalue weighted by Crippen LogP contribution is 2.12. The number of nitrogens with two attached hydrogens (primary N) is 1. The molecule has 0 fully saturated rings. The number of carbonyl (C=O) groups is 3. The van der Waals surface area contributed by atoms with Crippen molar-refractivity contribution >= 4 is 17.9 Å². The number of carboxylic acid groups (broad SMARTS) is 1. The molecule has 7 nitrogen and oxygen atoms in total. The summed E-state index contributed by atoms with van der Waals surface area (Å²) in [5.41, 5.74) is 5.44. The largest absolute Gasteiger partial charge is 0.479 e. The second-order valence-electron chi connectivity index (χ2n) is 4.15. The first kappa shape index (κ1) is 15.5. The smallest absolute Gasteiger partial charge is 0.330 e. The van der Waals surface area contributed by atoms with E-state index in [9.17, 15) is 14.4 Å². The van der Waals surface area contributed by atoms with Crippen molar-refractivity contribution in [1.82, 2.24) is 10.6 Å². The van der Waals surface area contributed by atoms with Gasteiger partial charge in [-0.15, -0.1) is 0 Å². The van der Waals surface area contributed by atoms with Crippen LogP contribution in [0.15, 0.2) is 30.3 Å². The molecule has 108 valence electrons. The summed E-state index contributed by atoms with van der Waals surface area (Å²) in [5, 5.41) is 13.9. The first-order valence-electron chi connectivity index (χ1n) is 6.11. The monoisotopic (exact) mass is 279 g/mol. The summed E-state index contributed by atoms with van der Waals surface area (Å²) >= 11 is 0. The van der Waals surface area contributed by atoms with Crippen LogP contribution in [0.5, 0.6) is 0 Å². The Morgan fingerprint density at radius 1 is 1.20 bits per heavy atom. The van der Waals surface area contributed by atoms with E-state index < -0.39 is 23.9 Å². The number of hydrogen-bond donors (Lipinski definition) is 4. The zero-order chi connectivity index (χ0) is 15.0. The van der Waals surface area contributed by atoms with Gasteiger partial charge >= 0.3 is 12.0 Å². The summed E-state index contributed by atoms with van der Waals surface area (Å²) in [6, 6.07) is 6.65. The Hall–Kier alpha value is -2.57. The standard InChI is InChI=1S/C13H17N3O4/c14-10(17)7-4-8-15-13(20)16-11(12(18)19)9-5-2-1-3-6-9/h1-3,5-6,11H,4,7-8H2,(H2,14,17)(H,18,19)(H2,15,16,20)/t11-/m0/s1. The van der Waals surface area contributed by atoms with Crippen molar-refractivity contribution < 1.29 is 19.5 Å². The average Bonchev–Trinajstić information content (AvgIpc) is 2.41. The quantitative estimate of drug-likeness (QED) is 0.539. The second-order valence-corrected chi connectivity index (χ2v) is 4.15. The lowest BCUT2D eigenvalue weighted by molar-refractivity contribution is -0.139. The zero-order valence-corrected chi connectivity index (χ0v) is 10.8. The van der Waals surface area contributed by atoms with Crippen molar-refractivity contribution in [2.24, 2.45) is 5.73 Å². The van der Waals surface area contributed by atoms with Crippen molar-refractivity contribution in [3.63, 3.8) is 0 Å². The highest BCUT2D eigenvalue weighted by molar-refractivity contribution is 5.83. The Morgan fingerprint density at radius 2 is 1.85 bits per heavy atom. The van der Waals surface area contributed by atoms with E-state index in [1.54, 1.807) is 30.3 Å². The molecule has 0 radical (unpaired) electrons. The fourth-order valence-electron chi connectivity index (χ4n) is 1.58. The molecular formula is C13H17N3O4. The molecule has 1 aromatic carbocycles. The second kappa shape index (κ2) is 7.78. The van der Waals surface area contributed by atoms with Crippen molar-refractivity contribution in [1.29, 1.82) is 0 Å². The third-order valence-electron chi connectivity index (χ3n) is 2.54. The Balaban J connectivity index is 2.48. The molecule has 0 saturated heterocycles. The lowest BCUT2D eigenvalue weighted by Gasteiger charge is -2.15. The number of hydrogen-bond acceptors (Lipinski definition) is 3. The summed E-state index contributed by atoms with van der Waals surface area (Å²) in [5.74, 6) is -1.59. The van der Waals surface area contributed by atoms with Crippen LogP contribution in [-0.2, 0) is 9.59 Å². The number of benzene rings is 1. The van der Waals surface area contributed by atoms with Crippen LogP contribution in [0, 0.1) is 0 Å². The molecule has 0 aliphatic carbocycles. The number of carbonyl (C=O) groups excluding carboxylic acids is 2. The minimum Gasteiger partial charge on any atom is -0.479 e. The fourth-order valence-corrected chi connectivity index (χ4v) is 1.58. The van der Waals surface area contributed by atoms with Crippen molar-refractivity contribution in [2.75, 3.05) is 6.54 Å². The molecule has 0 saturated carbocycles. The van der Waals surface area contributed by atoms with E-state index in [-0.39, 0.29) is 13.0 Å². The van der Waals surface area contributed by atoms with Gasteiger partial charge in [0.05, 0.1) is 0 Å². The summed E-state index contributed by atoms with van der Waals surface area (Å²) < 4.78 is 0. The number of aliphatic carboxylic acids is 1. The van der Waals surface area contributed by atoms with E-state index in [4.69, 9.17) is 10.8 Å². The molecule has 0 bridgehead atoms. The summed E-state index contributed by atoms with van der Waals surface area (Å²) in [7, 11) is 0. The number of urea groups is 1. The predicted octanol–water partition coefficient (Wildman–Crippen LogP) is 0.377. The number of amides is 3. The summed E-state index contributed by atoms with van der Waals surface area (Å²) in [6.45, 7) is 0.246. The molecule has 0 spiro atoms. The highest BCUT2D eigenvalue weighted by Gasteiger charge is 2.21. The van der Waals surface area contributed by atoms with Crippen LogP contribution in [0.25, 0.3) is 0 Å². The molecular weight excluding hydrogens is 262 g/mol. The minimum absolute atomic E-state index is 0.168. The normalized spacial score (nSPS) is 11.4. The van der Waals surface area contributed by atoms with Gasteiger partial charge in [-0.05, 0) is 12.0 Å². The molecule has 1 rings (SSSR count). The molecule has 0 aliphatic heterocycles. The topological polar surface area (TPSA) is 122 Å². The van der Waals surface area contributed by atoms with Gasteiger partial charge in [0, 0.05) is 13.0 Å².